The van der Waals surface area contributed by atoms with Gasteiger partial charge in [0.25, 0.3) is 0 Å². The molecule has 1 saturated heterocycles. The summed E-state index contributed by atoms with van der Waals surface area (Å²) in [5.74, 6) is 5.98. The van der Waals surface area contributed by atoms with Crippen molar-refractivity contribution in [1.82, 2.24) is 4.90 Å². The minimum absolute atomic E-state index is 0.114. The highest BCUT2D eigenvalue weighted by Gasteiger charge is 2.26. The highest BCUT2D eigenvalue weighted by Crippen LogP contribution is 2.25. The van der Waals surface area contributed by atoms with Crippen LogP contribution in [0.15, 0.2) is 59.7 Å². The maximum atomic E-state index is 13.2. The molecule has 0 spiro atoms. The van der Waals surface area contributed by atoms with Crippen molar-refractivity contribution in [2.45, 2.75) is 19.8 Å². The van der Waals surface area contributed by atoms with Crippen LogP contribution in [0, 0.1) is 23.6 Å². The Hall–Kier alpha value is -2.60. The number of likely N-dealkylation sites (tertiary alicyclic amines) is 1. The van der Waals surface area contributed by atoms with E-state index in [1.807, 2.05) is 29.2 Å². The Labute approximate surface area is 142 Å². The lowest BCUT2D eigenvalue weighted by atomic mass is 9.94. The van der Waals surface area contributed by atoms with Crippen LogP contribution in [0.1, 0.15) is 25.3 Å². The fraction of sp³-hybridized carbons (Fsp3) is 0.286. The number of nitrogens with zero attached hydrogens (tertiary/aromatic N) is 1. The first-order valence-electron chi connectivity index (χ1n) is 8.34. The van der Waals surface area contributed by atoms with Crippen LogP contribution in [0.5, 0.6) is 0 Å². The van der Waals surface area contributed by atoms with Gasteiger partial charge in [0.1, 0.15) is 5.82 Å². The summed E-state index contributed by atoms with van der Waals surface area (Å²) in [5, 5.41) is 0. The lowest BCUT2D eigenvalue weighted by Crippen LogP contribution is -2.43. The van der Waals surface area contributed by atoms with Crippen LogP contribution in [-0.2, 0) is 4.79 Å². The molecule has 3 heteroatoms. The smallest absolute Gasteiger partial charge is 0.250 e. The molecule has 2 aliphatic rings. The number of benzene rings is 1. The van der Waals surface area contributed by atoms with Crippen molar-refractivity contribution in [3.05, 3.63) is 71.1 Å². The van der Waals surface area contributed by atoms with E-state index in [4.69, 9.17) is 0 Å². The van der Waals surface area contributed by atoms with Crippen molar-refractivity contribution in [3.63, 3.8) is 0 Å². The van der Waals surface area contributed by atoms with Gasteiger partial charge in [0, 0.05) is 35.7 Å². The molecule has 0 N–H and O–H groups in total. The van der Waals surface area contributed by atoms with Gasteiger partial charge in [-0.15, -0.1) is 0 Å². The van der Waals surface area contributed by atoms with Gasteiger partial charge in [-0.1, -0.05) is 37.0 Å². The molecule has 1 fully saturated rings. The second kappa shape index (κ2) is 7.31. The summed E-state index contributed by atoms with van der Waals surface area (Å²) in [4.78, 5) is 14.4. The summed E-state index contributed by atoms with van der Waals surface area (Å²) in [7, 11) is 0. The molecule has 0 saturated carbocycles. The van der Waals surface area contributed by atoms with Crippen molar-refractivity contribution in [3.8, 4) is 11.8 Å². The first kappa shape index (κ1) is 16.3. The summed E-state index contributed by atoms with van der Waals surface area (Å²) in [6.07, 6.45) is 9.73. The number of carbonyl (C=O) groups excluding carboxylic acids is 1. The van der Waals surface area contributed by atoms with E-state index in [2.05, 4.69) is 18.8 Å². The Morgan fingerprint density at radius 3 is 2.79 bits per heavy atom. The molecule has 24 heavy (non-hydrogen) atoms. The zero-order chi connectivity index (χ0) is 16.9. The molecule has 1 unspecified atom stereocenters. The van der Waals surface area contributed by atoms with E-state index in [9.17, 15) is 9.18 Å². The highest BCUT2D eigenvalue weighted by molar-refractivity contribution is 5.95. The first-order chi connectivity index (χ1) is 11.7. The molecular formula is C21H20FNO. The summed E-state index contributed by atoms with van der Waals surface area (Å²) >= 11 is 0. The molecule has 1 aromatic rings. The van der Waals surface area contributed by atoms with Gasteiger partial charge >= 0.3 is 0 Å². The molecule has 1 heterocycles. The third-order valence-corrected chi connectivity index (χ3v) is 4.36. The van der Waals surface area contributed by atoms with Crippen molar-refractivity contribution < 1.29 is 9.18 Å². The minimum atomic E-state index is -0.291. The van der Waals surface area contributed by atoms with Crippen LogP contribution >= 0.6 is 0 Å². The van der Waals surface area contributed by atoms with E-state index in [-0.39, 0.29) is 17.6 Å². The topological polar surface area (TPSA) is 20.3 Å². The largest absolute Gasteiger partial charge is 0.339 e. The fourth-order valence-corrected chi connectivity index (χ4v) is 2.76. The highest BCUT2D eigenvalue weighted by atomic mass is 19.1. The lowest BCUT2D eigenvalue weighted by Gasteiger charge is -2.32. The third kappa shape index (κ3) is 3.65. The summed E-state index contributed by atoms with van der Waals surface area (Å²) in [6.45, 7) is 3.79. The van der Waals surface area contributed by atoms with E-state index < -0.39 is 0 Å². The van der Waals surface area contributed by atoms with Gasteiger partial charge in [-0.05, 0) is 43.2 Å². The monoisotopic (exact) mass is 321 g/mol. The number of allylic oxidation sites excluding steroid dienone is 5. The van der Waals surface area contributed by atoms with Gasteiger partial charge in [0.15, 0.2) is 0 Å². The van der Waals surface area contributed by atoms with Crippen molar-refractivity contribution in [2.75, 3.05) is 13.1 Å². The zero-order valence-electron chi connectivity index (χ0n) is 13.8. The Kier molecular flexibility index (Phi) is 4.96. The molecular weight excluding hydrogens is 301 g/mol. The van der Waals surface area contributed by atoms with E-state index in [0.29, 0.717) is 5.56 Å². The van der Waals surface area contributed by atoms with Gasteiger partial charge < -0.3 is 4.90 Å². The molecule has 2 nitrogen and oxygen atoms in total. The van der Waals surface area contributed by atoms with Crippen LogP contribution in [-0.4, -0.2) is 23.9 Å². The molecule has 0 aromatic heterocycles. The Morgan fingerprint density at radius 1 is 1.29 bits per heavy atom. The van der Waals surface area contributed by atoms with Crippen molar-refractivity contribution in [2.24, 2.45) is 5.92 Å². The SMILES string of the molecule is CCC1C=CC(C#Cc2cccc(F)c2)=CC=C1C(=O)N1CCC1. The maximum absolute atomic E-state index is 13.2. The van der Waals surface area contributed by atoms with E-state index in [0.717, 1.165) is 37.1 Å². The second-order valence-electron chi connectivity index (χ2n) is 6.02. The second-order valence-corrected chi connectivity index (χ2v) is 6.02. The lowest BCUT2D eigenvalue weighted by molar-refractivity contribution is -0.130. The summed E-state index contributed by atoms with van der Waals surface area (Å²) < 4.78 is 13.2. The predicted octanol–water partition coefficient (Wildman–Crippen LogP) is 3.86. The van der Waals surface area contributed by atoms with Gasteiger partial charge in [-0.3, -0.25) is 4.79 Å². The molecule has 1 aromatic carbocycles. The Bertz CT molecular complexity index is 788. The first-order valence-corrected chi connectivity index (χ1v) is 8.34. The maximum Gasteiger partial charge on any atom is 0.250 e. The third-order valence-electron chi connectivity index (χ3n) is 4.36. The van der Waals surface area contributed by atoms with E-state index >= 15 is 0 Å². The minimum Gasteiger partial charge on any atom is -0.339 e. The normalized spacial score (nSPS) is 19.4. The number of rotatable bonds is 2. The molecule has 1 amide bonds. The molecule has 0 radical (unpaired) electrons. The fourth-order valence-electron chi connectivity index (χ4n) is 2.76. The van der Waals surface area contributed by atoms with Crippen LogP contribution in [0.25, 0.3) is 0 Å². The Balaban J connectivity index is 1.84. The van der Waals surface area contributed by atoms with Crippen molar-refractivity contribution in [1.29, 1.82) is 0 Å². The number of halogens is 1. The predicted molar refractivity (Wildman–Crippen MR) is 93.6 cm³/mol. The molecule has 3 rings (SSSR count). The Morgan fingerprint density at radius 2 is 2.12 bits per heavy atom. The summed E-state index contributed by atoms with van der Waals surface area (Å²) in [5.41, 5.74) is 2.29. The molecule has 0 bridgehead atoms. The van der Waals surface area contributed by atoms with E-state index in [1.54, 1.807) is 12.1 Å². The number of carbonyl (C=O) groups is 1. The molecule has 1 atom stereocenters. The van der Waals surface area contributed by atoms with Crippen LogP contribution in [0.4, 0.5) is 4.39 Å². The quantitative estimate of drug-likeness (QED) is 0.758. The van der Waals surface area contributed by atoms with Gasteiger partial charge in [0.2, 0.25) is 5.91 Å². The number of hydrogen-bond donors (Lipinski definition) is 0. The average molecular weight is 321 g/mol. The summed E-state index contributed by atoms with van der Waals surface area (Å²) in [6, 6.07) is 6.24. The van der Waals surface area contributed by atoms with E-state index in [1.165, 1.54) is 12.1 Å². The zero-order valence-corrected chi connectivity index (χ0v) is 13.8. The molecule has 122 valence electrons. The van der Waals surface area contributed by atoms with Crippen LogP contribution in [0.3, 0.4) is 0 Å². The number of hydrogen-bond acceptors (Lipinski definition) is 1. The number of amides is 1. The molecule has 1 aliphatic carbocycles. The average Bonchev–Trinajstić information content (AvgIpc) is 2.73. The van der Waals surface area contributed by atoms with Crippen molar-refractivity contribution >= 4 is 5.91 Å². The van der Waals surface area contributed by atoms with Gasteiger partial charge in [0.05, 0.1) is 0 Å². The van der Waals surface area contributed by atoms with Crippen LogP contribution in [0.2, 0.25) is 0 Å². The van der Waals surface area contributed by atoms with Gasteiger partial charge in [-0.25, -0.2) is 4.39 Å². The standard InChI is InChI=1S/C21H20FNO/c1-2-18-11-9-16(7-8-17-5-3-6-19(22)15-17)10-12-20(18)21(24)23-13-4-14-23/h3,5-6,9-12,15,18H,2,4,13-14H2,1H3. The van der Waals surface area contributed by atoms with Gasteiger partial charge in [-0.2, -0.15) is 0 Å². The van der Waals surface area contributed by atoms with Crippen LogP contribution < -0.4 is 0 Å². The molecule has 1 aliphatic heterocycles.